The Hall–Kier alpha value is -3.97. The van der Waals surface area contributed by atoms with Gasteiger partial charge in [-0.25, -0.2) is 4.79 Å². The summed E-state index contributed by atoms with van der Waals surface area (Å²) in [4.78, 5) is 63.5. The molecular weight excluding hydrogens is 474 g/mol. The molecule has 2 aromatic rings. The van der Waals surface area contributed by atoms with Crippen LogP contribution < -0.4 is 21.7 Å². The molecule has 4 unspecified atom stereocenters. The molecule has 0 aliphatic rings. The van der Waals surface area contributed by atoms with E-state index in [9.17, 15) is 39.3 Å². The Morgan fingerprint density at radius 2 is 1.56 bits per heavy atom. The number of nitrogens with two attached hydrogens (primary N) is 1. The molecule has 0 aliphatic heterocycles. The maximum Gasteiger partial charge on any atom is 0.326 e. The summed E-state index contributed by atoms with van der Waals surface area (Å²) in [5.74, 6) is -6.03. The van der Waals surface area contributed by atoms with E-state index in [0.717, 1.165) is 16.5 Å². The first-order valence-electron chi connectivity index (χ1n) is 11.2. The fourth-order valence-electron chi connectivity index (χ4n) is 3.53. The number of carbonyl (C=O) groups is 5. The maximum atomic E-state index is 12.7. The lowest BCUT2D eigenvalue weighted by Crippen LogP contribution is -2.59. The van der Waals surface area contributed by atoms with E-state index in [4.69, 9.17) is 5.73 Å². The van der Waals surface area contributed by atoms with Gasteiger partial charge in [-0.3, -0.25) is 19.2 Å². The van der Waals surface area contributed by atoms with Gasteiger partial charge in [-0.15, -0.1) is 0 Å². The number of hydrogen-bond acceptors (Lipinski definition) is 7. The molecule has 1 aromatic heterocycles. The predicted molar refractivity (Wildman–Crippen MR) is 128 cm³/mol. The van der Waals surface area contributed by atoms with Crippen molar-refractivity contribution in [1.82, 2.24) is 20.9 Å². The number of carboxylic acid groups (broad SMARTS) is 2. The number of carbonyl (C=O) groups excluding carboxylic acids is 3. The molecule has 9 N–H and O–H groups in total. The number of hydrogen-bond donors (Lipinski definition) is 8. The third kappa shape index (κ3) is 7.52. The Morgan fingerprint density at radius 3 is 2.14 bits per heavy atom. The molecule has 13 heteroatoms. The molecular formula is C23H31N5O8. The molecule has 0 bridgehead atoms. The third-order valence-electron chi connectivity index (χ3n) is 5.51. The fraction of sp³-hybridized carbons (Fsp3) is 0.435. The average molecular weight is 506 g/mol. The van der Waals surface area contributed by atoms with Crippen LogP contribution in [0.3, 0.4) is 0 Å². The number of aliphatic hydroxyl groups is 1. The number of amides is 3. The van der Waals surface area contributed by atoms with E-state index in [0.29, 0.717) is 0 Å². The van der Waals surface area contributed by atoms with Crippen molar-refractivity contribution in [3.05, 3.63) is 36.0 Å². The van der Waals surface area contributed by atoms with E-state index < -0.39 is 72.8 Å². The quantitative estimate of drug-likeness (QED) is 0.162. The Balaban J connectivity index is 2.07. The Morgan fingerprint density at radius 1 is 0.944 bits per heavy atom. The number of carboxylic acids is 2. The number of rotatable bonds is 13. The van der Waals surface area contributed by atoms with E-state index in [2.05, 4.69) is 20.9 Å². The van der Waals surface area contributed by atoms with E-state index in [1.54, 1.807) is 20.0 Å². The summed E-state index contributed by atoms with van der Waals surface area (Å²) in [5, 5.41) is 35.5. The zero-order valence-corrected chi connectivity index (χ0v) is 19.9. The van der Waals surface area contributed by atoms with Gasteiger partial charge in [-0.05, 0) is 24.0 Å². The number of benzene rings is 1. The molecule has 0 radical (unpaired) electrons. The van der Waals surface area contributed by atoms with Gasteiger partial charge < -0.3 is 42.0 Å². The van der Waals surface area contributed by atoms with Gasteiger partial charge in [0.05, 0.1) is 19.1 Å². The monoisotopic (exact) mass is 505 g/mol. The van der Waals surface area contributed by atoms with Crippen LogP contribution in [0.2, 0.25) is 0 Å². The highest BCUT2D eigenvalue weighted by Gasteiger charge is 2.32. The van der Waals surface area contributed by atoms with Crippen molar-refractivity contribution in [3.8, 4) is 0 Å². The van der Waals surface area contributed by atoms with Crippen molar-refractivity contribution in [1.29, 1.82) is 0 Å². The van der Waals surface area contributed by atoms with Crippen LogP contribution in [0.1, 0.15) is 25.8 Å². The average Bonchev–Trinajstić information content (AvgIpc) is 3.22. The minimum atomic E-state index is -1.61. The second-order valence-electron chi connectivity index (χ2n) is 8.64. The van der Waals surface area contributed by atoms with E-state index in [-0.39, 0.29) is 6.42 Å². The van der Waals surface area contributed by atoms with Crippen LogP contribution in [0.25, 0.3) is 10.9 Å². The highest BCUT2D eigenvalue weighted by atomic mass is 16.4. The second kappa shape index (κ2) is 12.7. The van der Waals surface area contributed by atoms with Gasteiger partial charge >= 0.3 is 11.9 Å². The third-order valence-corrected chi connectivity index (χ3v) is 5.51. The largest absolute Gasteiger partial charge is 0.481 e. The maximum absolute atomic E-state index is 12.7. The summed E-state index contributed by atoms with van der Waals surface area (Å²) in [5.41, 5.74) is 7.60. The van der Waals surface area contributed by atoms with Crippen LogP contribution >= 0.6 is 0 Å². The summed E-state index contributed by atoms with van der Waals surface area (Å²) >= 11 is 0. The first kappa shape index (κ1) is 28.3. The van der Waals surface area contributed by atoms with Gasteiger partial charge in [0.15, 0.2) is 0 Å². The highest BCUT2D eigenvalue weighted by molar-refractivity contribution is 5.96. The van der Waals surface area contributed by atoms with E-state index >= 15 is 0 Å². The minimum absolute atomic E-state index is 0.102. The first-order valence-corrected chi connectivity index (χ1v) is 11.2. The van der Waals surface area contributed by atoms with Crippen molar-refractivity contribution in [3.63, 3.8) is 0 Å². The molecule has 0 aliphatic carbocycles. The molecule has 0 saturated carbocycles. The molecule has 13 nitrogen and oxygen atoms in total. The van der Waals surface area contributed by atoms with Crippen molar-refractivity contribution >= 4 is 40.6 Å². The molecule has 1 aromatic carbocycles. The van der Waals surface area contributed by atoms with Gasteiger partial charge in [0.25, 0.3) is 0 Å². The van der Waals surface area contributed by atoms with Crippen molar-refractivity contribution in [2.24, 2.45) is 11.7 Å². The molecule has 36 heavy (non-hydrogen) atoms. The lowest BCUT2D eigenvalue weighted by Gasteiger charge is -2.24. The van der Waals surface area contributed by atoms with E-state index in [1.165, 1.54) is 0 Å². The molecule has 2 rings (SSSR count). The number of aliphatic hydroxyl groups excluding tert-OH is 1. The normalized spacial score (nSPS) is 14.5. The number of fused-ring (bicyclic) bond motifs is 1. The summed E-state index contributed by atoms with van der Waals surface area (Å²) in [6, 6.07) is 1.79. The van der Waals surface area contributed by atoms with Crippen molar-refractivity contribution in [2.75, 3.05) is 6.61 Å². The minimum Gasteiger partial charge on any atom is -0.481 e. The molecule has 196 valence electrons. The molecule has 1 heterocycles. The molecule has 0 spiro atoms. The molecule has 0 saturated heterocycles. The molecule has 0 fully saturated rings. The van der Waals surface area contributed by atoms with Crippen LogP contribution in [-0.4, -0.2) is 80.7 Å². The summed E-state index contributed by atoms with van der Waals surface area (Å²) < 4.78 is 0. The van der Waals surface area contributed by atoms with E-state index in [1.807, 2.05) is 24.3 Å². The van der Waals surface area contributed by atoms with Gasteiger partial charge in [-0.1, -0.05) is 32.0 Å². The Bertz CT molecular complexity index is 1110. The number of aromatic nitrogens is 1. The van der Waals surface area contributed by atoms with Crippen molar-refractivity contribution < 1.29 is 39.3 Å². The van der Waals surface area contributed by atoms with Crippen LogP contribution in [0.4, 0.5) is 0 Å². The highest BCUT2D eigenvalue weighted by Crippen LogP contribution is 2.18. The summed E-state index contributed by atoms with van der Waals surface area (Å²) in [6.07, 6.45) is 0.983. The smallest absolute Gasteiger partial charge is 0.326 e. The van der Waals surface area contributed by atoms with Gasteiger partial charge in [0, 0.05) is 17.1 Å². The topological polar surface area (TPSA) is 224 Å². The zero-order valence-electron chi connectivity index (χ0n) is 19.9. The number of H-pyrrole nitrogens is 1. The number of para-hydroxylation sites is 1. The second-order valence-corrected chi connectivity index (χ2v) is 8.64. The van der Waals surface area contributed by atoms with Gasteiger partial charge in [0.2, 0.25) is 17.7 Å². The summed E-state index contributed by atoms with van der Waals surface area (Å²) in [6.45, 7) is 2.23. The van der Waals surface area contributed by atoms with Crippen LogP contribution in [-0.2, 0) is 30.4 Å². The van der Waals surface area contributed by atoms with Gasteiger partial charge in [0.1, 0.15) is 18.1 Å². The Labute approximate surface area is 206 Å². The summed E-state index contributed by atoms with van der Waals surface area (Å²) in [7, 11) is 0. The SMILES string of the molecule is CC(C)C(NC(=O)C(CO)NC(=O)C(CC(=O)O)NC(=O)C(N)Cc1c[nH]c2ccccc12)C(=O)O. The molecule has 3 amide bonds. The van der Waals surface area contributed by atoms with Crippen LogP contribution in [0.5, 0.6) is 0 Å². The van der Waals surface area contributed by atoms with Crippen molar-refractivity contribution in [2.45, 2.75) is 50.9 Å². The Kier molecular flexibility index (Phi) is 9.93. The number of aliphatic carboxylic acids is 2. The molecule has 4 atom stereocenters. The standard InChI is InChI=1S/C23H31N5O8/c1-11(2)19(23(35)36)28-22(34)17(10-29)27-21(33)16(8-18(30)31)26-20(32)14(24)7-12-9-25-15-6-4-3-5-13(12)15/h3-6,9,11,14,16-17,19,25,29H,7-8,10,24H2,1-2H3,(H,26,32)(H,27,33)(H,28,34)(H,30,31)(H,35,36). The fourth-order valence-corrected chi connectivity index (χ4v) is 3.53. The lowest BCUT2D eigenvalue weighted by atomic mass is 10.0. The lowest BCUT2D eigenvalue weighted by molar-refractivity contribution is -0.144. The van der Waals surface area contributed by atoms with Gasteiger partial charge in [-0.2, -0.15) is 0 Å². The van der Waals surface area contributed by atoms with Crippen LogP contribution in [0.15, 0.2) is 30.5 Å². The first-order chi connectivity index (χ1) is 16.9. The predicted octanol–water partition coefficient (Wildman–Crippen LogP) is -1.30. The van der Waals surface area contributed by atoms with Crippen LogP contribution in [0, 0.1) is 5.92 Å². The zero-order chi connectivity index (χ0) is 27.0. The number of nitrogens with one attached hydrogen (secondary N) is 4. The number of aromatic amines is 1.